The second-order valence-corrected chi connectivity index (χ2v) is 8.33. The molecule has 3 aromatic rings. The summed E-state index contributed by atoms with van der Waals surface area (Å²) in [4.78, 5) is 21.4. The Hall–Kier alpha value is -3.62. The van der Waals surface area contributed by atoms with Gasteiger partial charge in [-0.1, -0.05) is 0 Å². The van der Waals surface area contributed by atoms with Gasteiger partial charge in [0.15, 0.2) is 0 Å². The molecule has 0 saturated carbocycles. The summed E-state index contributed by atoms with van der Waals surface area (Å²) in [5, 5.41) is 10.1. The Morgan fingerprint density at radius 1 is 1.12 bits per heavy atom. The molecule has 0 spiro atoms. The Bertz CT molecular complexity index is 1090. The second kappa shape index (κ2) is 9.89. The van der Waals surface area contributed by atoms with E-state index in [1.165, 1.54) is 12.1 Å². The summed E-state index contributed by atoms with van der Waals surface area (Å²) >= 11 is 0. The van der Waals surface area contributed by atoms with E-state index in [1.807, 2.05) is 45.2 Å². The molecule has 1 atom stereocenters. The van der Waals surface area contributed by atoms with Crippen LogP contribution in [0.4, 0.5) is 20.7 Å². The lowest BCUT2D eigenvalue weighted by molar-refractivity contribution is 0.237. The lowest BCUT2D eigenvalue weighted by atomic mass is 10.1. The van der Waals surface area contributed by atoms with Gasteiger partial charge in [-0.3, -0.25) is 4.68 Å². The van der Waals surface area contributed by atoms with Gasteiger partial charge in [0.2, 0.25) is 0 Å². The Morgan fingerprint density at radius 2 is 1.82 bits per heavy atom. The van der Waals surface area contributed by atoms with Crippen LogP contribution in [0.15, 0.2) is 48.8 Å². The highest BCUT2D eigenvalue weighted by atomic mass is 19.1. The lowest BCUT2D eigenvalue weighted by Crippen LogP contribution is -2.46. The van der Waals surface area contributed by atoms with E-state index in [2.05, 4.69) is 30.5 Å². The number of halogens is 1. The van der Waals surface area contributed by atoms with Gasteiger partial charge in [-0.2, -0.15) is 5.10 Å². The van der Waals surface area contributed by atoms with Crippen LogP contribution in [0.5, 0.6) is 0 Å². The van der Waals surface area contributed by atoms with Gasteiger partial charge in [-0.15, -0.1) is 0 Å². The zero-order chi connectivity index (χ0) is 23.4. The first kappa shape index (κ1) is 22.6. The molecule has 174 valence electrons. The summed E-state index contributed by atoms with van der Waals surface area (Å²) < 4.78 is 15.0. The van der Waals surface area contributed by atoms with Crippen LogP contribution in [0.1, 0.15) is 29.8 Å². The fourth-order valence-electron chi connectivity index (χ4n) is 4.04. The predicted octanol–water partition coefficient (Wildman–Crippen LogP) is 3.15. The summed E-state index contributed by atoms with van der Waals surface area (Å²) in [6.45, 7) is 7.66. The van der Waals surface area contributed by atoms with Crippen LogP contribution in [-0.4, -0.2) is 47.0 Å². The normalized spacial score (nSPS) is 14.8. The highest BCUT2D eigenvalue weighted by molar-refractivity contribution is 5.74. The van der Waals surface area contributed by atoms with Crippen LogP contribution in [0, 0.1) is 12.7 Å². The molecular formula is C24H30FN7O. The summed E-state index contributed by atoms with van der Waals surface area (Å²) in [5.41, 5.74) is 4.05. The van der Waals surface area contributed by atoms with E-state index in [9.17, 15) is 9.18 Å². The third kappa shape index (κ3) is 5.42. The standard InChI is InChI=1S/C24H30FN7O/c1-17(22-16-28-30(3)18(22)2)29-24(33)27-15-19-8-9-26-23(14-19)32-12-10-31(11-13-32)21-6-4-20(25)5-7-21/h4-9,14,16-17H,10-13,15H2,1-3H3,(H2,27,29,33). The number of hydrogen-bond donors (Lipinski definition) is 2. The molecule has 2 amide bonds. The minimum absolute atomic E-state index is 0.135. The maximum absolute atomic E-state index is 13.2. The van der Waals surface area contributed by atoms with Crippen molar-refractivity contribution in [2.45, 2.75) is 26.4 Å². The van der Waals surface area contributed by atoms with Crippen molar-refractivity contribution >= 4 is 17.5 Å². The van der Waals surface area contributed by atoms with Gasteiger partial charge < -0.3 is 20.4 Å². The summed E-state index contributed by atoms with van der Waals surface area (Å²) in [6, 6.07) is 10.2. The summed E-state index contributed by atoms with van der Waals surface area (Å²) in [6.07, 6.45) is 3.56. The molecule has 2 N–H and O–H groups in total. The largest absolute Gasteiger partial charge is 0.368 e. The molecule has 2 aromatic heterocycles. The van der Waals surface area contributed by atoms with Crippen molar-refractivity contribution in [3.8, 4) is 0 Å². The van der Waals surface area contributed by atoms with Gasteiger partial charge in [0, 0.05) is 62.9 Å². The van der Waals surface area contributed by atoms with Gasteiger partial charge in [0.05, 0.1) is 12.2 Å². The van der Waals surface area contributed by atoms with Gasteiger partial charge in [-0.25, -0.2) is 14.2 Å². The van der Waals surface area contributed by atoms with Crippen LogP contribution < -0.4 is 20.4 Å². The lowest BCUT2D eigenvalue weighted by Gasteiger charge is -2.36. The fraction of sp³-hybridized carbons (Fsp3) is 0.375. The number of carbonyl (C=O) groups excluding carboxylic acids is 1. The zero-order valence-corrected chi connectivity index (χ0v) is 19.3. The maximum atomic E-state index is 13.2. The SMILES string of the molecule is Cc1c(C(C)NC(=O)NCc2ccnc(N3CCN(c4ccc(F)cc4)CC3)c2)cnn1C. The van der Waals surface area contributed by atoms with Crippen LogP contribution in [0.2, 0.25) is 0 Å². The van der Waals surface area contributed by atoms with Crippen LogP contribution in [0.3, 0.4) is 0 Å². The number of amides is 2. The molecule has 0 bridgehead atoms. The fourth-order valence-corrected chi connectivity index (χ4v) is 4.04. The van der Waals surface area contributed by atoms with Gasteiger partial charge >= 0.3 is 6.03 Å². The third-order valence-corrected chi connectivity index (χ3v) is 6.15. The molecule has 33 heavy (non-hydrogen) atoms. The van der Waals surface area contributed by atoms with E-state index >= 15 is 0 Å². The molecule has 1 aromatic carbocycles. The first-order chi connectivity index (χ1) is 15.9. The molecule has 4 rings (SSSR count). The van der Waals surface area contributed by atoms with Crippen LogP contribution >= 0.6 is 0 Å². The average molecular weight is 452 g/mol. The monoisotopic (exact) mass is 451 g/mol. The topological polar surface area (TPSA) is 78.3 Å². The van der Waals surface area contributed by atoms with E-state index < -0.39 is 0 Å². The van der Waals surface area contributed by atoms with Crippen molar-refractivity contribution in [2.75, 3.05) is 36.0 Å². The number of benzene rings is 1. The maximum Gasteiger partial charge on any atom is 0.315 e. The number of rotatable bonds is 6. The van der Waals surface area contributed by atoms with Crippen LogP contribution in [-0.2, 0) is 13.6 Å². The van der Waals surface area contributed by atoms with E-state index in [0.717, 1.165) is 54.5 Å². The van der Waals surface area contributed by atoms with Gasteiger partial charge in [0.25, 0.3) is 0 Å². The van der Waals surface area contributed by atoms with Gasteiger partial charge in [-0.05, 0) is 55.8 Å². The summed E-state index contributed by atoms with van der Waals surface area (Å²) in [5.74, 6) is 0.676. The predicted molar refractivity (Wildman–Crippen MR) is 127 cm³/mol. The molecule has 1 unspecified atom stereocenters. The minimum atomic E-state index is -0.225. The van der Waals surface area contributed by atoms with E-state index in [-0.39, 0.29) is 17.9 Å². The minimum Gasteiger partial charge on any atom is -0.368 e. The van der Waals surface area contributed by atoms with Crippen LogP contribution in [0.25, 0.3) is 0 Å². The summed E-state index contributed by atoms with van der Waals surface area (Å²) in [7, 11) is 1.88. The van der Waals surface area contributed by atoms with E-state index in [4.69, 9.17) is 0 Å². The number of piperazine rings is 1. The molecule has 1 aliphatic rings. The number of carbonyl (C=O) groups is 1. The number of nitrogens with one attached hydrogen (secondary N) is 2. The number of hydrogen-bond acceptors (Lipinski definition) is 5. The Labute approximate surface area is 193 Å². The van der Waals surface area contributed by atoms with E-state index in [1.54, 1.807) is 17.1 Å². The first-order valence-corrected chi connectivity index (χ1v) is 11.1. The average Bonchev–Trinajstić information content (AvgIpc) is 3.17. The zero-order valence-electron chi connectivity index (χ0n) is 19.3. The van der Waals surface area contributed by atoms with E-state index in [0.29, 0.717) is 6.54 Å². The quantitative estimate of drug-likeness (QED) is 0.602. The number of aromatic nitrogens is 3. The molecular weight excluding hydrogens is 421 g/mol. The molecule has 0 radical (unpaired) electrons. The van der Waals surface area contributed by atoms with Crippen molar-refractivity contribution in [1.82, 2.24) is 25.4 Å². The molecule has 3 heterocycles. The van der Waals surface area contributed by atoms with Crippen molar-refractivity contribution in [2.24, 2.45) is 7.05 Å². The Morgan fingerprint density at radius 3 is 2.48 bits per heavy atom. The number of nitrogens with zero attached hydrogens (tertiary/aromatic N) is 5. The third-order valence-electron chi connectivity index (χ3n) is 6.15. The highest BCUT2D eigenvalue weighted by Crippen LogP contribution is 2.20. The molecule has 1 aliphatic heterocycles. The molecule has 1 saturated heterocycles. The Kier molecular flexibility index (Phi) is 6.76. The number of pyridine rings is 1. The van der Waals surface area contributed by atoms with Crippen molar-refractivity contribution in [1.29, 1.82) is 0 Å². The molecule has 0 aliphatic carbocycles. The number of urea groups is 1. The smallest absolute Gasteiger partial charge is 0.315 e. The van der Waals surface area contributed by atoms with Crippen molar-refractivity contribution < 1.29 is 9.18 Å². The molecule has 9 heteroatoms. The van der Waals surface area contributed by atoms with Gasteiger partial charge in [0.1, 0.15) is 11.6 Å². The molecule has 8 nitrogen and oxygen atoms in total. The number of aryl methyl sites for hydroxylation is 1. The van der Waals surface area contributed by atoms with Crippen molar-refractivity contribution in [3.63, 3.8) is 0 Å². The molecule has 1 fully saturated rings. The van der Waals surface area contributed by atoms with Crippen molar-refractivity contribution in [3.05, 3.63) is 71.4 Å². The first-order valence-electron chi connectivity index (χ1n) is 11.1. The Balaban J connectivity index is 1.29. The highest BCUT2D eigenvalue weighted by Gasteiger charge is 2.19. The number of anilines is 2. The second-order valence-electron chi connectivity index (χ2n) is 8.33.